The minimum absolute atomic E-state index is 0. The van der Waals surface area contributed by atoms with Gasteiger partial charge in [0.2, 0.25) is 0 Å². The molecule has 0 radical (unpaired) electrons. The molecule has 0 atom stereocenters. The Morgan fingerprint density at radius 1 is 1.32 bits per heavy atom. The first-order valence-corrected chi connectivity index (χ1v) is 7.43. The van der Waals surface area contributed by atoms with Crippen LogP contribution in [0.5, 0.6) is 5.75 Å². The number of ether oxygens (including phenoxy) is 2. The third kappa shape index (κ3) is 8.05. The molecule has 5 nitrogen and oxygen atoms in total. The second kappa shape index (κ2) is 12.8. The van der Waals surface area contributed by atoms with Gasteiger partial charge >= 0.3 is 0 Å². The number of nitrogens with zero attached hydrogens (tertiary/aromatic N) is 1. The van der Waals surface area contributed by atoms with E-state index in [0.29, 0.717) is 11.6 Å². The molecule has 0 spiro atoms. The zero-order chi connectivity index (χ0) is 15.5. The van der Waals surface area contributed by atoms with Crippen molar-refractivity contribution in [3.05, 3.63) is 28.8 Å². The second-order valence-corrected chi connectivity index (χ2v) is 4.80. The molecule has 0 bridgehead atoms. The number of halogens is 2. The predicted molar refractivity (Wildman–Crippen MR) is 103 cm³/mol. The molecular weight excluding hydrogens is 417 g/mol. The summed E-state index contributed by atoms with van der Waals surface area (Å²) in [4.78, 5) is 4.18. The molecular formula is C15H25ClIN3O2. The maximum absolute atomic E-state index is 5.95. The molecule has 1 aromatic rings. The molecule has 7 heteroatoms. The van der Waals surface area contributed by atoms with E-state index in [9.17, 15) is 0 Å². The van der Waals surface area contributed by atoms with Gasteiger partial charge in [0, 0.05) is 43.9 Å². The molecule has 0 fully saturated rings. The van der Waals surface area contributed by atoms with E-state index in [1.807, 2.05) is 19.1 Å². The molecule has 0 saturated carbocycles. The molecule has 0 aliphatic heterocycles. The van der Waals surface area contributed by atoms with E-state index in [1.54, 1.807) is 20.2 Å². The van der Waals surface area contributed by atoms with Crippen LogP contribution in [0.2, 0.25) is 5.02 Å². The van der Waals surface area contributed by atoms with Gasteiger partial charge in [-0.2, -0.15) is 0 Å². The molecule has 1 rings (SSSR count). The molecule has 0 amide bonds. The molecule has 0 heterocycles. The number of nitrogens with one attached hydrogen (secondary N) is 2. The molecule has 22 heavy (non-hydrogen) atoms. The number of aliphatic imine (C=N–C) groups is 1. The monoisotopic (exact) mass is 441 g/mol. The SMILES string of the molecule is CCOCCCNC(=NC)NCc1ccc(Cl)cc1OC.I. The van der Waals surface area contributed by atoms with Crippen molar-refractivity contribution in [3.63, 3.8) is 0 Å². The van der Waals surface area contributed by atoms with E-state index in [1.165, 1.54) is 0 Å². The zero-order valence-corrected chi connectivity index (χ0v) is 16.4. The van der Waals surface area contributed by atoms with E-state index in [-0.39, 0.29) is 24.0 Å². The number of guanidine groups is 1. The van der Waals surface area contributed by atoms with Crippen molar-refractivity contribution in [1.82, 2.24) is 10.6 Å². The van der Waals surface area contributed by atoms with Crippen molar-refractivity contribution in [2.45, 2.75) is 19.9 Å². The van der Waals surface area contributed by atoms with Crippen LogP contribution in [-0.2, 0) is 11.3 Å². The molecule has 126 valence electrons. The fourth-order valence-corrected chi connectivity index (χ4v) is 1.95. The number of hydrogen-bond donors (Lipinski definition) is 2. The fourth-order valence-electron chi connectivity index (χ4n) is 1.79. The van der Waals surface area contributed by atoms with Crippen molar-refractivity contribution in [1.29, 1.82) is 0 Å². The first-order chi connectivity index (χ1) is 10.2. The van der Waals surface area contributed by atoms with Crippen LogP contribution < -0.4 is 15.4 Å². The maximum atomic E-state index is 5.95. The summed E-state index contributed by atoms with van der Waals surface area (Å²) in [5.74, 6) is 1.52. The quantitative estimate of drug-likeness (QED) is 0.282. The number of hydrogen-bond acceptors (Lipinski definition) is 3. The summed E-state index contributed by atoms with van der Waals surface area (Å²) in [5.41, 5.74) is 1.03. The molecule has 0 aliphatic carbocycles. The lowest BCUT2D eigenvalue weighted by Gasteiger charge is -2.14. The lowest BCUT2D eigenvalue weighted by atomic mass is 10.2. The molecule has 2 N–H and O–H groups in total. The topological polar surface area (TPSA) is 54.9 Å². The van der Waals surface area contributed by atoms with E-state index in [4.69, 9.17) is 21.1 Å². The van der Waals surface area contributed by atoms with Crippen molar-refractivity contribution in [3.8, 4) is 5.75 Å². The Hall–Kier alpha value is -0.730. The summed E-state index contributed by atoms with van der Waals surface area (Å²) in [6.07, 6.45) is 0.943. The van der Waals surface area contributed by atoms with E-state index in [2.05, 4.69) is 15.6 Å². The van der Waals surface area contributed by atoms with Gasteiger partial charge in [-0.3, -0.25) is 4.99 Å². The molecule has 0 aromatic heterocycles. The highest BCUT2D eigenvalue weighted by molar-refractivity contribution is 14.0. The van der Waals surface area contributed by atoms with Crippen molar-refractivity contribution in [2.24, 2.45) is 4.99 Å². The van der Waals surface area contributed by atoms with Crippen LogP contribution in [0.3, 0.4) is 0 Å². The predicted octanol–water partition coefficient (Wildman–Crippen LogP) is 3.06. The summed E-state index contributed by atoms with van der Waals surface area (Å²) in [5, 5.41) is 7.15. The summed E-state index contributed by atoms with van der Waals surface area (Å²) >= 11 is 5.95. The minimum Gasteiger partial charge on any atom is -0.496 e. The average molecular weight is 442 g/mol. The van der Waals surface area contributed by atoms with Crippen LogP contribution in [0.1, 0.15) is 18.9 Å². The maximum Gasteiger partial charge on any atom is 0.191 e. The van der Waals surface area contributed by atoms with Gasteiger partial charge in [-0.05, 0) is 25.5 Å². The van der Waals surface area contributed by atoms with Crippen LogP contribution in [-0.4, -0.2) is 39.9 Å². The lowest BCUT2D eigenvalue weighted by molar-refractivity contribution is 0.145. The first kappa shape index (κ1) is 21.3. The Labute approximate surface area is 154 Å². The van der Waals surface area contributed by atoms with E-state index in [0.717, 1.165) is 43.5 Å². The Balaban J connectivity index is 0.00000441. The summed E-state index contributed by atoms with van der Waals surface area (Å²) < 4.78 is 10.6. The third-order valence-corrected chi connectivity index (χ3v) is 3.12. The van der Waals surface area contributed by atoms with Gasteiger partial charge in [-0.15, -0.1) is 24.0 Å². The van der Waals surface area contributed by atoms with Crippen LogP contribution in [0.15, 0.2) is 23.2 Å². The normalized spacial score (nSPS) is 10.8. The van der Waals surface area contributed by atoms with E-state index >= 15 is 0 Å². The minimum atomic E-state index is 0. The molecule has 0 aliphatic rings. The van der Waals surface area contributed by atoms with Gasteiger partial charge in [0.1, 0.15) is 5.75 Å². The second-order valence-electron chi connectivity index (χ2n) is 4.36. The Bertz CT molecular complexity index is 458. The standard InChI is InChI=1S/C15H24ClN3O2.HI/c1-4-21-9-5-8-18-15(17-2)19-11-12-6-7-13(16)10-14(12)20-3;/h6-7,10H,4-5,8-9,11H2,1-3H3,(H2,17,18,19);1H. The highest BCUT2D eigenvalue weighted by Crippen LogP contribution is 2.22. The molecule has 0 unspecified atom stereocenters. The van der Waals surface area contributed by atoms with Crippen LogP contribution in [0.4, 0.5) is 0 Å². The first-order valence-electron chi connectivity index (χ1n) is 7.06. The Morgan fingerprint density at radius 3 is 2.73 bits per heavy atom. The Morgan fingerprint density at radius 2 is 2.09 bits per heavy atom. The highest BCUT2D eigenvalue weighted by atomic mass is 127. The van der Waals surface area contributed by atoms with Crippen molar-refractivity contribution >= 4 is 41.5 Å². The van der Waals surface area contributed by atoms with Gasteiger partial charge in [-0.1, -0.05) is 17.7 Å². The lowest BCUT2D eigenvalue weighted by Crippen LogP contribution is -2.37. The number of benzene rings is 1. The van der Waals surface area contributed by atoms with Gasteiger partial charge in [0.15, 0.2) is 5.96 Å². The summed E-state index contributed by atoms with van der Waals surface area (Å²) in [7, 11) is 3.38. The van der Waals surface area contributed by atoms with Crippen LogP contribution in [0.25, 0.3) is 0 Å². The van der Waals surface area contributed by atoms with Crippen molar-refractivity contribution in [2.75, 3.05) is 33.9 Å². The van der Waals surface area contributed by atoms with Crippen molar-refractivity contribution < 1.29 is 9.47 Å². The van der Waals surface area contributed by atoms with E-state index < -0.39 is 0 Å². The smallest absolute Gasteiger partial charge is 0.191 e. The number of methoxy groups -OCH3 is 1. The van der Waals surface area contributed by atoms with Gasteiger partial charge < -0.3 is 20.1 Å². The number of rotatable bonds is 8. The van der Waals surface area contributed by atoms with Gasteiger partial charge in [0.25, 0.3) is 0 Å². The van der Waals surface area contributed by atoms with Gasteiger partial charge in [0.05, 0.1) is 7.11 Å². The van der Waals surface area contributed by atoms with Crippen LogP contribution in [0, 0.1) is 0 Å². The zero-order valence-electron chi connectivity index (χ0n) is 13.3. The van der Waals surface area contributed by atoms with Crippen LogP contribution >= 0.6 is 35.6 Å². The third-order valence-electron chi connectivity index (χ3n) is 2.88. The summed E-state index contributed by atoms with van der Waals surface area (Å²) in [6, 6.07) is 5.59. The summed E-state index contributed by atoms with van der Waals surface area (Å²) in [6.45, 7) is 4.94. The highest BCUT2D eigenvalue weighted by Gasteiger charge is 2.05. The Kier molecular flexibility index (Phi) is 12.4. The largest absolute Gasteiger partial charge is 0.496 e. The van der Waals surface area contributed by atoms with Gasteiger partial charge in [-0.25, -0.2) is 0 Å². The average Bonchev–Trinajstić information content (AvgIpc) is 2.50. The fraction of sp³-hybridized carbons (Fsp3) is 0.533. The molecule has 0 saturated heterocycles. The molecule has 1 aromatic carbocycles.